The van der Waals surface area contributed by atoms with Crippen LogP contribution in [-0.4, -0.2) is 16.2 Å². The van der Waals surface area contributed by atoms with Gasteiger partial charge in [-0.3, -0.25) is 15.2 Å². The molecule has 2 aromatic rings. The molecule has 0 bridgehead atoms. The summed E-state index contributed by atoms with van der Waals surface area (Å²) in [6, 6.07) is 11.0. The molecular formula is C17H14NO4-. The van der Waals surface area contributed by atoms with Crippen molar-refractivity contribution in [1.29, 1.82) is 0 Å². The third kappa shape index (κ3) is 2.72. The summed E-state index contributed by atoms with van der Waals surface area (Å²) >= 11 is 0. The maximum Gasteiger partial charge on any atom is 0.189 e. The smallest absolute Gasteiger partial charge is 0.189 e. The molecule has 3 rings (SSSR count). The summed E-state index contributed by atoms with van der Waals surface area (Å²) in [6.07, 6.45) is 3.10. The Balaban J connectivity index is 1.96. The molecule has 0 unspecified atom stereocenters. The quantitative estimate of drug-likeness (QED) is 0.657. The number of rotatable bonds is 2. The number of hydrogen-bond donors (Lipinski definition) is 2. The summed E-state index contributed by atoms with van der Waals surface area (Å²) < 4.78 is 0. The highest BCUT2D eigenvalue weighted by molar-refractivity contribution is 6.13. The molecule has 0 amide bonds. The van der Waals surface area contributed by atoms with Crippen molar-refractivity contribution in [3.63, 3.8) is 0 Å². The summed E-state index contributed by atoms with van der Waals surface area (Å²) in [5, 5.41) is 29.2. The van der Waals surface area contributed by atoms with Crippen LogP contribution < -0.4 is 10.3 Å². The van der Waals surface area contributed by atoms with E-state index in [0.29, 0.717) is 24.0 Å². The largest absolute Gasteiger partial charge is 0.872 e. The fourth-order valence-electron chi connectivity index (χ4n) is 2.58. The summed E-state index contributed by atoms with van der Waals surface area (Å²) in [6.45, 7) is 0. The molecule has 2 aromatic carbocycles. The number of aryl methyl sites for hydroxylation is 1. The molecule has 0 saturated carbocycles. The van der Waals surface area contributed by atoms with Crippen LogP contribution in [0.5, 0.6) is 5.75 Å². The molecule has 0 atom stereocenters. The fraction of sp³-hybridized carbons (Fsp3) is 0.118. The van der Waals surface area contributed by atoms with Crippen molar-refractivity contribution in [2.75, 3.05) is 5.23 Å². The Labute approximate surface area is 127 Å². The zero-order chi connectivity index (χ0) is 15.7. The Morgan fingerprint density at radius 1 is 1.05 bits per heavy atom. The summed E-state index contributed by atoms with van der Waals surface area (Å²) in [4.78, 5) is 12.6. The third-order valence-electron chi connectivity index (χ3n) is 3.75. The Bertz CT molecular complexity index is 748. The number of allylic oxidation sites excluding steroid dienone is 1. The number of anilines is 1. The van der Waals surface area contributed by atoms with E-state index < -0.39 is 0 Å². The van der Waals surface area contributed by atoms with Crippen LogP contribution in [-0.2, 0) is 6.42 Å². The third-order valence-corrected chi connectivity index (χ3v) is 3.75. The van der Waals surface area contributed by atoms with Crippen molar-refractivity contribution in [2.24, 2.45) is 0 Å². The van der Waals surface area contributed by atoms with Gasteiger partial charge in [-0.1, -0.05) is 30.3 Å². The average molecular weight is 296 g/mol. The molecular weight excluding hydrogens is 282 g/mol. The van der Waals surface area contributed by atoms with Crippen LogP contribution in [0.2, 0.25) is 0 Å². The highest BCUT2D eigenvalue weighted by Crippen LogP contribution is 2.29. The van der Waals surface area contributed by atoms with Crippen LogP contribution in [0.25, 0.3) is 6.08 Å². The van der Waals surface area contributed by atoms with Crippen LogP contribution in [0.4, 0.5) is 5.69 Å². The molecule has 0 fully saturated rings. The number of hydrogen-bond acceptors (Lipinski definition) is 5. The predicted octanol–water partition coefficient (Wildman–Crippen LogP) is 2.56. The summed E-state index contributed by atoms with van der Waals surface area (Å²) in [5.74, 6) is -0.200. The van der Waals surface area contributed by atoms with E-state index >= 15 is 0 Å². The molecule has 0 spiro atoms. The number of ketones is 1. The predicted molar refractivity (Wildman–Crippen MR) is 79.0 cm³/mol. The van der Waals surface area contributed by atoms with Crippen LogP contribution >= 0.6 is 0 Å². The van der Waals surface area contributed by atoms with Gasteiger partial charge >= 0.3 is 0 Å². The maximum atomic E-state index is 12.6. The fourth-order valence-corrected chi connectivity index (χ4v) is 2.58. The van der Waals surface area contributed by atoms with Crippen LogP contribution in [0.15, 0.2) is 48.0 Å². The van der Waals surface area contributed by atoms with Crippen LogP contribution in [0.1, 0.15) is 27.9 Å². The summed E-state index contributed by atoms with van der Waals surface area (Å²) in [5.41, 5.74) is 2.95. The van der Waals surface area contributed by atoms with Gasteiger partial charge in [-0.15, -0.1) is 11.0 Å². The Morgan fingerprint density at radius 2 is 1.77 bits per heavy atom. The van der Waals surface area contributed by atoms with Gasteiger partial charge in [0, 0.05) is 11.1 Å². The lowest BCUT2D eigenvalue weighted by molar-refractivity contribution is -0.268. The molecule has 1 aliphatic carbocycles. The van der Waals surface area contributed by atoms with E-state index in [1.165, 1.54) is 18.2 Å². The minimum Gasteiger partial charge on any atom is -0.872 e. The van der Waals surface area contributed by atoms with E-state index in [9.17, 15) is 9.90 Å². The molecule has 112 valence electrons. The van der Waals surface area contributed by atoms with E-state index in [4.69, 9.17) is 10.4 Å². The Morgan fingerprint density at radius 3 is 2.45 bits per heavy atom. The first-order valence-corrected chi connectivity index (χ1v) is 6.88. The minimum absolute atomic E-state index is 0.00146. The monoisotopic (exact) mass is 296 g/mol. The Kier molecular flexibility index (Phi) is 3.66. The second kappa shape index (κ2) is 5.63. The second-order valence-electron chi connectivity index (χ2n) is 5.20. The van der Waals surface area contributed by atoms with Gasteiger partial charge in [0.1, 0.15) is 0 Å². The zero-order valence-corrected chi connectivity index (χ0v) is 11.7. The van der Waals surface area contributed by atoms with Crippen molar-refractivity contribution < 1.29 is 20.3 Å². The SMILES string of the molecule is O=C1/C(=C\c2ccc([O-])cc2)CCc2ccc(N(O)O)cc21. The van der Waals surface area contributed by atoms with Gasteiger partial charge < -0.3 is 5.11 Å². The van der Waals surface area contributed by atoms with Crippen molar-refractivity contribution in [3.8, 4) is 5.75 Å². The normalized spacial score (nSPS) is 15.7. The van der Waals surface area contributed by atoms with Gasteiger partial charge in [-0.25, -0.2) is 0 Å². The molecule has 5 heteroatoms. The van der Waals surface area contributed by atoms with Crippen LogP contribution in [0, 0.1) is 0 Å². The standard InChI is InChI=1S/C17H15NO4/c19-15-7-1-11(2-8-15)9-13-4-3-12-5-6-14(18(21)22)10-16(12)17(13)20/h1-2,5-10,19,21-22H,3-4H2/p-1/b13-9-. The molecule has 2 N–H and O–H groups in total. The lowest BCUT2D eigenvalue weighted by atomic mass is 9.85. The van der Waals surface area contributed by atoms with Gasteiger partial charge in [0.15, 0.2) is 5.78 Å². The van der Waals surface area contributed by atoms with Crippen LogP contribution in [0.3, 0.4) is 0 Å². The van der Waals surface area contributed by atoms with E-state index in [1.807, 2.05) is 0 Å². The van der Waals surface area contributed by atoms with Gasteiger partial charge in [0.25, 0.3) is 0 Å². The molecule has 1 aliphatic rings. The molecule has 0 heterocycles. The number of carbonyl (C=O) groups is 1. The second-order valence-corrected chi connectivity index (χ2v) is 5.20. The first-order valence-electron chi connectivity index (χ1n) is 6.88. The highest BCUT2D eigenvalue weighted by Gasteiger charge is 2.22. The molecule has 5 nitrogen and oxygen atoms in total. The van der Waals surface area contributed by atoms with Crippen molar-refractivity contribution in [1.82, 2.24) is 0 Å². The molecule has 0 radical (unpaired) electrons. The van der Waals surface area contributed by atoms with Crippen molar-refractivity contribution in [3.05, 3.63) is 64.7 Å². The molecule has 0 saturated heterocycles. The number of Topliss-reactive ketones (excluding diaryl/α,β-unsaturated/α-hetero) is 1. The number of carbonyl (C=O) groups excluding carboxylic acids is 1. The van der Waals surface area contributed by atoms with Gasteiger partial charge in [0.2, 0.25) is 0 Å². The minimum atomic E-state index is -0.129. The van der Waals surface area contributed by atoms with E-state index in [1.54, 1.807) is 30.3 Å². The van der Waals surface area contributed by atoms with Gasteiger partial charge in [0.05, 0.1) is 5.69 Å². The number of nitrogens with zero attached hydrogens (tertiary/aromatic N) is 1. The average Bonchev–Trinajstić information content (AvgIpc) is 2.52. The first kappa shape index (κ1) is 14.3. The molecule has 22 heavy (non-hydrogen) atoms. The van der Waals surface area contributed by atoms with Crippen molar-refractivity contribution in [2.45, 2.75) is 12.8 Å². The number of fused-ring (bicyclic) bond motifs is 1. The zero-order valence-electron chi connectivity index (χ0n) is 11.7. The maximum absolute atomic E-state index is 12.6. The lowest BCUT2D eigenvalue weighted by Gasteiger charge is -2.19. The Hall–Kier alpha value is -2.63. The lowest BCUT2D eigenvalue weighted by Crippen LogP contribution is -2.17. The molecule has 0 aromatic heterocycles. The van der Waals surface area contributed by atoms with E-state index in [2.05, 4.69) is 0 Å². The van der Waals surface area contributed by atoms with Gasteiger partial charge in [-0.05, 0) is 42.2 Å². The molecule has 0 aliphatic heterocycles. The highest BCUT2D eigenvalue weighted by atomic mass is 16.8. The van der Waals surface area contributed by atoms with E-state index in [-0.39, 0.29) is 22.4 Å². The first-order chi connectivity index (χ1) is 10.5. The van der Waals surface area contributed by atoms with Gasteiger partial charge in [-0.2, -0.15) is 0 Å². The van der Waals surface area contributed by atoms with Crippen molar-refractivity contribution >= 4 is 17.5 Å². The number of benzene rings is 2. The summed E-state index contributed by atoms with van der Waals surface area (Å²) in [7, 11) is 0. The van der Waals surface area contributed by atoms with E-state index in [0.717, 1.165) is 11.1 Å². The topological polar surface area (TPSA) is 83.8 Å².